The van der Waals surface area contributed by atoms with E-state index < -0.39 is 17.6 Å². The number of ether oxygens (including phenoxy) is 2. The van der Waals surface area contributed by atoms with E-state index in [2.05, 4.69) is 20.1 Å². The number of likely N-dealkylation sites (N-methyl/N-ethyl adjacent to an activating group) is 1. The molecular formula is C27H28N8O6. The molecule has 2 aromatic carbocycles. The van der Waals surface area contributed by atoms with Crippen molar-refractivity contribution in [1.82, 2.24) is 24.7 Å². The van der Waals surface area contributed by atoms with Crippen LogP contribution in [0.3, 0.4) is 0 Å². The monoisotopic (exact) mass is 560 g/mol. The van der Waals surface area contributed by atoms with Crippen molar-refractivity contribution >= 4 is 23.4 Å². The molecule has 0 fully saturated rings. The van der Waals surface area contributed by atoms with E-state index in [9.17, 15) is 9.59 Å². The van der Waals surface area contributed by atoms with E-state index in [1.807, 2.05) is 24.3 Å². The van der Waals surface area contributed by atoms with Crippen molar-refractivity contribution in [3.63, 3.8) is 0 Å². The van der Waals surface area contributed by atoms with Crippen molar-refractivity contribution in [2.75, 3.05) is 25.7 Å². The quantitative estimate of drug-likeness (QED) is 0.189. The highest BCUT2D eigenvalue weighted by molar-refractivity contribution is 5.98. The molecule has 1 aliphatic heterocycles. The Morgan fingerprint density at radius 1 is 1.22 bits per heavy atom. The summed E-state index contributed by atoms with van der Waals surface area (Å²) in [6, 6.07) is 12.6. The summed E-state index contributed by atoms with van der Waals surface area (Å²) in [6.45, 7) is 1.000. The molecule has 212 valence electrons. The molecule has 3 heterocycles. The molecule has 1 atom stereocenters. The molecule has 1 unspecified atom stereocenters. The number of nitrogen functional groups attached to an aromatic ring is 1. The summed E-state index contributed by atoms with van der Waals surface area (Å²) in [5.74, 6) is -0.0673. The standard InChI is InChI=1S/C25H24N8O4.C2H4O2/c1-32-18-11-16(12-19(36-2)21(18)37-13-20(32)34)17(10-14-4-6-15(7-5-14)22(26)27)23-30-25(35)33(31-23)24-28-8-3-9-29-24;1-2(3)4/h3-9,11-12,17H,10,13H2,1-2H3,(H3,26,27)(H,30,31,35);1H3,(H,3,4). The third-order valence-electron chi connectivity index (χ3n) is 6.17. The summed E-state index contributed by atoms with van der Waals surface area (Å²) in [5.41, 5.74) is 7.93. The topological polar surface area (TPSA) is 202 Å². The van der Waals surface area contributed by atoms with Gasteiger partial charge in [0.1, 0.15) is 11.7 Å². The first-order valence-electron chi connectivity index (χ1n) is 12.3. The zero-order valence-electron chi connectivity index (χ0n) is 22.5. The molecule has 1 amide bonds. The van der Waals surface area contributed by atoms with Crippen LogP contribution in [0.5, 0.6) is 11.5 Å². The number of anilines is 1. The maximum atomic E-state index is 12.8. The van der Waals surface area contributed by atoms with Crippen LogP contribution in [0.2, 0.25) is 0 Å². The summed E-state index contributed by atoms with van der Waals surface area (Å²) >= 11 is 0. The van der Waals surface area contributed by atoms with Gasteiger partial charge in [0, 0.05) is 37.8 Å². The summed E-state index contributed by atoms with van der Waals surface area (Å²) in [5, 5.41) is 19.6. The van der Waals surface area contributed by atoms with E-state index in [1.54, 1.807) is 25.2 Å². The summed E-state index contributed by atoms with van der Waals surface area (Å²) in [6.07, 6.45) is 3.48. The first-order valence-corrected chi connectivity index (χ1v) is 12.3. The summed E-state index contributed by atoms with van der Waals surface area (Å²) in [7, 11) is 3.20. The Morgan fingerprint density at radius 3 is 2.49 bits per heavy atom. The number of aliphatic carboxylic acids is 1. The smallest absolute Gasteiger partial charge is 0.350 e. The van der Waals surface area contributed by atoms with Gasteiger partial charge in [-0.2, -0.15) is 0 Å². The Bertz CT molecular complexity index is 1630. The lowest BCUT2D eigenvalue weighted by Crippen LogP contribution is -2.35. The number of fused-ring (bicyclic) bond motifs is 1. The first-order chi connectivity index (χ1) is 19.6. The maximum Gasteiger partial charge on any atom is 0.350 e. The van der Waals surface area contributed by atoms with E-state index in [0.29, 0.717) is 35.0 Å². The second-order valence-corrected chi connectivity index (χ2v) is 8.98. The fraction of sp³-hybridized carbons (Fsp3) is 0.222. The number of hydrogen-bond acceptors (Lipinski definition) is 9. The van der Waals surface area contributed by atoms with E-state index in [0.717, 1.165) is 22.7 Å². The fourth-order valence-corrected chi connectivity index (χ4v) is 4.18. The minimum absolute atomic E-state index is 0.0267. The average Bonchev–Trinajstić information content (AvgIpc) is 3.34. The highest BCUT2D eigenvalue weighted by Crippen LogP contribution is 2.43. The molecule has 0 saturated heterocycles. The van der Waals surface area contributed by atoms with Crippen molar-refractivity contribution in [1.29, 1.82) is 5.41 Å². The van der Waals surface area contributed by atoms with E-state index in [4.69, 9.17) is 30.5 Å². The number of methoxy groups -OCH3 is 1. The molecule has 5 rings (SSSR count). The van der Waals surface area contributed by atoms with Gasteiger partial charge < -0.3 is 25.2 Å². The van der Waals surface area contributed by atoms with Gasteiger partial charge in [-0.1, -0.05) is 24.3 Å². The number of amidine groups is 1. The lowest BCUT2D eigenvalue weighted by Gasteiger charge is -2.29. The normalized spacial score (nSPS) is 12.9. The molecule has 2 aromatic heterocycles. The number of nitrogens with two attached hydrogens (primary N) is 1. The van der Waals surface area contributed by atoms with Gasteiger partial charge in [-0.15, -0.1) is 9.78 Å². The Labute approximate surface area is 233 Å². The van der Waals surface area contributed by atoms with Crippen LogP contribution in [0.4, 0.5) is 5.69 Å². The molecular weight excluding hydrogens is 532 g/mol. The number of benzene rings is 2. The van der Waals surface area contributed by atoms with Gasteiger partial charge in [-0.05, 0) is 35.7 Å². The number of carbonyl (C=O) groups is 2. The van der Waals surface area contributed by atoms with Crippen molar-refractivity contribution in [3.8, 4) is 17.4 Å². The number of nitrogens with zero attached hydrogens (tertiary/aromatic N) is 5. The van der Waals surface area contributed by atoms with Gasteiger partial charge in [0.15, 0.2) is 18.1 Å². The molecule has 0 saturated carbocycles. The second kappa shape index (κ2) is 12.1. The number of aromatic nitrogens is 5. The molecule has 4 aromatic rings. The number of nitrogens with one attached hydrogen (secondary N) is 2. The number of H-pyrrole nitrogens is 1. The fourth-order valence-electron chi connectivity index (χ4n) is 4.18. The van der Waals surface area contributed by atoms with Crippen molar-refractivity contribution in [2.24, 2.45) is 5.73 Å². The molecule has 5 N–H and O–H groups in total. The van der Waals surface area contributed by atoms with Gasteiger partial charge in [-0.25, -0.2) is 14.8 Å². The van der Waals surface area contributed by atoms with Gasteiger partial charge in [0.2, 0.25) is 0 Å². The zero-order chi connectivity index (χ0) is 29.7. The lowest BCUT2D eigenvalue weighted by atomic mass is 9.90. The Balaban J connectivity index is 0.000000909. The number of rotatable bonds is 7. The van der Waals surface area contributed by atoms with Crippen LogP contribution in [0.25, 0.3) is 5.95 Å². The first kappa shape index (κ1) is 28.5. The van der Waals surface area contributed by atoms with Crippen LogP contribution >= 0.6 is 0 Å². The van der Waals surface area contributed by atoms with Crippen LogP contribution in [0.15, 0.2) is 59.7 Å². The van der Waals surface area contributed by atoms with Gasteiger partial charge in [0.25, 0.3) is 17.8 Å². The van der Waals surface area contributed by atoms with Crippen LogP contribution in [0, 0.1) is 5.41 Å². The number of carbonyl (C=O) groups excluding carboxylic acids is 1. The average molecular weight is 561 g/mol. The third-order valence-corrected chi connectivity index (χ3v) is 6.17. The van der Waals surface area contributed by atoms with Crippen LogP contribution in [-0.2, 0) is 16.0 Å². The van der Waals surface area contributed by atoms with Crippen molar-refractivity contribution in [3.05, 3.63) is 87.9 Å². The predicted octanol–water partition coefficient (Wildman–Crippen LogP) is 1.46. The van der Waals surface area contributed by atoms with Gasteiger partial charge in [0.05, 0.1) is 12.8 Å². The number of hydrogen-bond donors (Lipinski definition) is 4. The molecule has 1 aliphatic rings. The van der Waals surface area contributed by atoms with E-state index >= 15 is 0 Å². The van der Waals surface area contributed by atoms with Crippen molar-refractivity contribution in [2.45, 2.75) is 19.3 Å². The number of aromatic amines is 1. The lowest BCUT2D eigenvalue weighted by molar-refractivity contribution is -0.134. The Hall–Kier alpha value is -5.53. The van der Waals surface area contributed by atoms with E-state index in [1.165, 1.54) is 24.4 Å². The number of carboxylic acid groups (broad SMARTS) is 1. The van der Waals surface area contributed by atoms with Gasteiger partial charge >= 0.3 is 5.69 Å². The minimum Gasteiger partial charge on any atom is -0.493 e. The van der Waals surface area contributed by atoms with E-state index in [-0.39, 0.29) is 24.3 Å². The largest absolute Gasteiger partial charge is 0.493 e. The second-order valence-electron chi connectivity index (χ2n) is 8.98. The van der Waals surface area contributed by atoms with Crippen LogP contribution in [-0.4, -0.2) is 68.3 Å². The van der Waals surface area contributed by atoms with Crippen LogP contribution in [0.1, 0.15) is 35.4 Å². The number of amides is 1. The Morgan fingerprint density at radius 2 is 1.88 bits per heavy atom. The highest BCUT2D eigenvalue weighted by Gasteiger charge is 2.29. The third kappa shape index (κ3) is 6.38. The summed E-state index contributed by atoms with van der Waals surface area (Å²) < 4.78 is 12.4. The minimum atomic E-state index is -0.833. The molecule has 0 spiro atoms. The molecule has 14 nitrogen and oxygen atoms in total. The van der Waals surface area contributed by atoms with Crippen molar-refractivity contribution < 1.29 is 24.2 Å². The summed E-state index contributed by atoms with van der Waals surface area (Å²) in [4.78, 5) is 46.8. The maximum absolute atomic E-state index is 12.8. The van der Waals surface area contributed by atoms with Crippen LogP contribution < -0.4 is 25.8 Å². The Kier molecular flexibility index (Phi) is 8.41. The number of carboxylic acids is 1. The SMILES string of the molecule is CC(=O)O.COc1cc(C(Cc2ccc(C(=N)N)cc2)c2nn(-c3ncccn3)c(=O)[nH]2)cc2c1OCC(=O)N2C. The molecule has 0 aliphatic carbocycles. The molecule has 14 heteroatoms. The molecule has 41 heavy (non-hydrogen) atoms. The molecule has 0 radical (unpaired) electrons. The molecule has 0 bridgehead atoms. The zero-order valence-corrected chi connectivity index (χ0v) is 22.5. The van der Waals surface area contributed by atoms with Gasteiger partial charge in [-0.3, -0.25) is 20.0 Å². The predicted molar refractivity (Wildman–Crippen MR) is 148 cm³/mol. The highest BCUT2D eigenvalue weighted by atomic mass is 16.5.